The summed E-state index contributed by atoms with van der Waals surface area (Å²) >= 11 is 1.96. The van der Waals surface area contributed by atoms with E-state index in [9.17, 15) is 13.2 Å². The van der Waals surface area contributed by atoms with Crippen LogP contribution in [-0.4, -0.2) is 67.0 Å². The largest absolute Gasteiger partial charge is 0.401 e. The molecule has 1 N–H and O–H groups in total. The average Bonchev–Trinajstić information content (AvgIpc) is 2.83. The first kappa shape index (κ1) is 17.4. The Hall–Kier alpha value is 0.0200. The second kappa shape index (κ2) is 7.53. The molecule has 0 spiro atoms. The summed E-state index contributed by atoms with van der Waals surface area (Å²) in [4.78, 5) is 1.50. The first-order valence-corrected chi connectivity index (χ1v) is 8.65. The van der Waals surface area contributed by atoms with Crippen LogP contribution in [0.2, 0.25) is 0 Å². The second-order valence-electron chi connectivity index (χ2n) is 5.95. The van der Waals surface area contributed by atoms with Gasteiger partial charge in [0, 0.05) is 43.6 Å². The van der Waals surface area contributed by atoms with Gasteiger partial charge in [-0.2, -0.15) is 24.9 Å². The Morgan fingerprint density at radius 2 is 2.05 bits per heavy atom. The number of nitrogens with zero attached hydrogens (tertiary/aromatic N) is 1. The number of hydrogen-bond acceptors (Lipinski definition) is 4. The minimum atomic E-state index is -4.09. The van der Waals surface area contributed by atoms with Crippen LogP contribution in [0.1, 0.15) is 26.2 Å². The van der Waals surface area contributed by atoms with Crippen molar-refractivity contribution in [2.45, 2.75) is 43.2 Å². The molecular formula is C14H25F3N2OS. The van der Waals surface area contributed by atoms with Gasteiger partial charge in [0.15, 0.2) is 0 Å². The molecule has 0 amide bonds. The van der Waals surface area contributed by atoms with Crippen LogP contribution in [-0.2, 0) is 4.74 Å². The van der Waals surface area contributed by atoms with Crippen LogP contribution < -0.4 is 5.32 Å². The third-order valence-electron chi connectivity index (χ3n) is 4.24. The van der Waals surface area contributed by atoms with Crippen molar-refractivity contribution >= 4 is 11.8 Å². The lowest BCUT2D eigenvalue weighted by Crippen LogP contribution is -2.46. The standard InChI is InChI=1S/C14H25F3N2OS/c1-2-21-13(4-7-20-8-5-13)10-18-12-3-6-19(9-12)11-14(15,16)17/h12,18H,2-11H2,1H3/t12-/m1/s1. The highest BCUT2D eigenvalue weighted by Gasteiger charge is 2.36. The minimum Gasteiger partial charge on any atom is -0.381 e. The molecular weight excluding hydrogens is 301 g/mol. The lowest BCUT2D eigenvalue weighted by Gasteiger charge is -2.37. The Morgan fingerprint density at radius 3 is 2.67 bits per heavy atom. The molecule has 0 aromatic heterocycles. The summed E-state index contributed by atoms with van der Waals surface area (Å²) in [5.74, 6) is 1.06. The van der Waals surface area contributed by atoms with E-state index in [2.05, 4.69) is 12.2 Å². The van der Waals surface area contributed by atoms with Gasteiger partial charge in [-0.1, -0.05) is 6.92 Å². The van der Waals surface area contributed by atoms with E-state index in [0.29, 0.717) is 13.1 Å². The molecule has 0 saturated carbocycles. The van der Waals surface area contributed by atoms with Crippen LogP contribution in [0.25, 0.3) is 0 Å². The third-order valence-corrected chi connectivity index (χ3v) is 5.70. The lowest BCUT2D eigenvalue weighted by molar-refractivity contribution is -0.143. The van der Waals surface area contributed by atoms with Crippen molar-refractivity contribution in [3.05, 3.63) is 0 Å². The van der Waals surface area contributed by atoms with Gasteiger partial charge in [0.1, 0.15) is 0 Å². The molecule has 0 bridgehead atoms. The molecule has 2 fully saturated rings. The highest BCUT2D eigenvalue weighted by atomic mass is 32.2. The van der Waals surface area contributed by atoms with Gasteiger partial charge in [-0.05, 0) is 25.0 Å². The van der Waals surface area contributed by atoms with Gasteiger partial charge in [-0.15, -0.1) is 0 Å². The van der Waals surface area contributed by atoms with Crippen LogP contribution >= 0.6 is 11.8 Å². The summed E-state index contributed by atoms with van der Waals surface area (Å²) < 4.78 is 42.8. The number of ether oxygens (including phenoxy) is 1. The summed E-state index contributed by atoms with van der Waals surface area (Å²) in [7, 11) is 0. The molecule has 21 heavy (non-hydrogen) atoms. The first-order chi connectivity index (χ1) is 9.92. The maximum absolute atomic E-state index is 12.4. The molecule has 7 heteroatoms. The molecule has 0 aliphatic carbocycles. The van der Waals surface area contributed by atoms with E-state index < -0.39 is 12.7 Å². The summed E-state index contributed by atoms with van der Waals surface area (Å²) in [5.41, 5.74) is 0. The molecule has 2 aliphatic heterocycles. The van der Waals surface area contributed by atoms with E-state index in [1.54, 1.807) is 0 Å². The molecule has 2 rings (SSSR count). The topological polar surface area (TPSA) is 24.5 Å². The fourth-order valence-corrected chi connectivity index (χ4v) is 4.40. The van der Waals surface area contributed by atoms with Crippen LogP contribution in [0, 0.1) is 0 Å². The van der Waals surface area contributed by atoms with Gasteiger partial charge in [0.05, 0.1) is 6.54 Å². The van der Waals surface area contributed by atoms with Crippen molar-refractivity contribution in [1.29, 1.82) is 0 Å². The molecule has 2 saturated heterocycles. The lowest BCUT2D eigenvalue weighted by atomic mass is 9.98. The maximum Gasteiger partial charge on any atom is 0.401 e. The van der Waals surface area contributed by atoms with Crippen LogP contribution in [0.15, 0.2) is 0 Å². The van der Waals surface area contributed by atoms with Crippen LogP contribution in [0.5, 0.6) is 0 Å². The smallest absolute Gasteiger partial charge is 0.381 e. The zero-order chi connectivity index (χ0) is 15.3. The number of likely N-dealkylation sites (tertiary alicyclic amines) is 1. The van der Waals surface area contributed by atoms with Gasteiger partial charge in [0.2, 0.25) is 0 Å². The van der Waals surface area contributed by atoms with Crippen molar-refractivity contribution in [1.82, 2.24) is 10.2 Å². The normalized spacial score (nSPS) is 27.1. The minimum absolute atomic E-state index is 0.185. The Kier molecular flexibility index (Phi) is 6.23. The quantitative estimate of drug-likeness (QED) is 0.811. The van der Waals surface area contributed by atoms with E-state index in [1.807, 2.05) is 11.8 Å². The number of rotatable bonds is 6. The number of halogens is 3. The summed E-state index contributed by atoms with van der Waals surface area (Å²) in [5, 5.41) is 3.51. The van der Waals surface area contributed by atoms with E-state index >= 15 is 0 Å². The van der Waals surface area contributed by atoms with E-state index in [-0.39, 0.29) is 10.8 Å². The fraction of sp³-hybridized carbons (Fsp3) is 1.00. The molecule has 124 valence electrons. The van der Waals surface area contributed by atoms with E-state index in [1.165, 1.54) is 4.90 Å². The number of hydrogen-bond donors (Lipinski definition) is 1. The Morgan fingerprint density at radius 1 is 1.33 bits per heavy atom. The number of thioether (sulfide) groups is 1. The molecule has 2 heterocycles. The first-order valence-electron chi connectivity index (χ1n) is 7.67. The number of alkyl halides is 3. The Labute approximate surface area is 129 Å². The van der Waals surface area contributed by atoms with Crippen molar-refractivity contribution < 1.29 is 17.9 Å². The number of nitrogens with one attached hydrogen (secondary N) is 1. The zero-order valence-corrected chi connectivity index (χ0v) is 13.4. The van der Waals surface area contributed by atoms with Gasteiger partial charge in [-0.3, -0.25) is 4.90 Å². The van der Waals surface area contributed by atoms with E-state index in [0.717, 1.165) is 44.8 Å². The van der Waals surface area contributed by atoms with Crippen molar-refractivity contribution in [2.24, 2.45) is 0 Å². The van der Waals surface area contributed by atoms with Crippen molar-refractivity contribution in [2.75, 3.05) is 45.1 Å². The average molecular weight is 326 g/mol. The summed E-state index contributed by atoms with van der Waals surface area (Å²) in [6.07, 6.45) is -1.23. The maximum atomic E-state index is 12.4. The Bertz CT molecular complexity index is 316. The molecule has 2 aliphatic rings. The summed E-state index contributed by atoms with van der Waals surface area (Å²) in [6, 6.07) is 0.185. The predicted molar refractivity (Wildman–Crippen MR) is 79.8 cm³/mol. The van der Waals surface area contributed by atoms with Crippen LogP contribution in [0.4, 0.5) is 13.2 Å². The highest BCUT2D eigenvalue weighted by Crippen LogP contribution is 2.35. The SMILES string of the molecule is CCSC1(CN[C@@H]2CCN(CC(F)(F)F)C2)CCOCC1. The molecule has 0 unspecified atom stereocenters. The molecule has 1 atom stereocenters. The molecule has 0 aromatic rings. The van der Waals surface area contributed by atoms with Gasteiger partial charge < -0.3 is 10.1 Å². The van der Waals surface area contributed by atoms with Crippen molar-refractivity contribution in [3.8, 4) is 0 Å². The molecule has 3 nitrogen and oxygen atoms in total. The second-order valence-corrected chi connectivity index (χ2v) is 7.68. The molecule has 0 aromatic carbocycles. The summed E-state index contributed by atoms with van der Waals surface area (Å²) in [6.45, 7) is 4.87. The van der Waals surface area contributed by atoms with E-state index in [4.69, 9.17) is 4.74 Å². The van der Waals surface area contributed by atoms with Gasteiger partial charge >= 0.3 is 6.18 Å². The van der Waals surface area contributed by atoms with Crippen LogP contribution in [0.3, 0.4) is 0 Å². The monoisotopic (exact) mass is 326 g/mol. The fourth-order valence-electron chi connectivity index (χ4n) is 3.15. The third kappa shape index (κ3) is 5.62. The van der Waals surface area contributed by atoms with Gasteiger partial charge in [-0.25, -0.2) is 0 Å². The van der Waals surface area contributed by atoms with Crippen molar-refractivity contribution in [3.63, 3.8) is 0 Å². The van der Waals surface area contributed by atoms with Gasteiger partial charge in [0.25, 0.3) is 0 Å². The molecule has 0 radical (unpaired) electrons. The highest BCUT2D eigenvalue weighted by molar-refractivity contribution is 8.00. The zero-order valence-electron chi connectivity index (χ0n) is 12.5. The predicted octanol–water partition coefficient (Wildman–Crippen LogP) is 2.51. The Balaban J connectivity index is 1.77.